The molecule has 3 heterocycles. The molecule has 5 nitrogen and oxygen atoms in total. The van der Waals surface area contributed by atoms with Crippen molar-refractivity contribution in [2.24, 2.45) is 0 Å². The second kappa shape index (κ2) is 7.48. The predicted octanol–water partition coefficient (Wildman–Crippen LogP) is 4.64. The Morgan fingerprint density at radius 3 is 2.71 bits per heavy atom. The van der Waals surface area contributed by atoms with Crippen LogP contribution in [0.1, 0.15) is 32.1 Å². The van der Waals surface area contributed by atoms with Crippen molar-refractivity contribution in [2.75, 3.05) is 0 Å². The summed E-state index contributed by atoms with van der Waals surface area (Å²) in [4.78, 5) is 30.9. The Kier molecular flexibility index (Phi) is 4.88. The topological polar surface area (TPSA) is 66.3 Å². The third-order valence-corrected chi connectivity index (χ3v) is 5.55. The van der Waals surface area contributed by atoms with Crippen molar-refractivity contribution >= 4 is 28.1 Å². The van der Waals surface area contributed by atoms with E-state index in [1.165, 1.54) is 11.3 Å². The number of aryl methyl sites for hydroxylation is 2. The molecule has 0 saturated carbocycles. The lowest BCUT2D eigenvalue weighted by Crippen LogP contribution is -2.32. The van der Waals surface area contributed by atoms with Crippen LogP contribution in [0, 0.1) is 13.8 Å². The molecule has 1 aromatic carbocycles. The maximum absolute atomic E-state index is 13.0. The van der Waals surface area contributed by atoms with Crippen LogP contribution in [0.3, 0.4) is 0 Å². The molecule has 4 rings (SSSR count). The van der Waals surface area contributed by atoms with Crippen LogP contribution in [0.5, 0.6) is 0 Å². The van der Waals surface area contributed by atoms with Gasteiger partial charge in [0, 0.05) is 16.5 Å². The normalized spacial score (nSPS) is 11.1. The maximum Gasteiger partial charge on any atom is 0.264 e. The van der Waals surface area contributed by atoms with Crippen LogP contribution in [0.15, 0.2) is 63.3 Å². The van der Waals surface area contributed by atoms with Crippen LogP contribution in [0.2, 0.25) is 0 Å². The molecule has 0 fully saturated rings. The summed E-state index contributed by atoms with van der Waals surface area (Å²) >= 11 is 1.39. The number of hydrogen-bond donors (Lipinski definition) is 1. The number of benzene rings is 1. The van der Waals surface area contributed by atoms with E-state index in [9.17, 15) is 9.59 Å². The average Bonchev–Trinajstić information content (AvgIpc) is 3.35. The summed E-state index contributed by atoms with van der Waals surface area (Å²) in [6, 6.07) is 13.2. The minimum absolute atomic E-state index is 0.119. The monoisotopic (exact) mass is 392 g/mol. The molecule has 0 aliphatic rings. The molecule has 0 bridgehead atoms. The fourth-order valence-electron chi connectivity index (χ4n) is 3.39. The Morgan fingerprint density at radius 1 is 1.14 bits per heavy atom. The Morgan fingerprint density at radius 2 is 2.00 bits per heavy atom. The molecule has 6 heteroatoms. The van der Waals surface area contributed by atoms with Gasteiger partial charge in [-0.2, -0.15) is 0 Å². The second-order valence-electron chi connectivity index (χ2n) is 6.88. The van der Waals surface area contributed by atoms with Gasteiger partial charge in [0.15, 0.2) is 0 Å². The average molecular weight is 392 g/mol. The van der Waals surface area contributed by atoms with Crippen molar-refractivity contribution < 1.29 is 9.21 Å². The molecule has 4 aromatic rings. The van der Waals surface area contributed by atoms with Gasteiger partial charge in [0.05, 0.1) is 24.2 Å². The van der Waals surface area contributed by atoms with Crippen LogP contribution in [0.4, 0.5) is 0 Å². The van der Waals surface area contributed by atoms with Crippen LogP contribution in [-0.2, 0) is 13.1 Å². The highest BCUT2D eigenvalue weighted by Crippen LogP contribution is 2.21. The van der Waals surface area contributed by atoms with Gasteiger partial charge in [0.1, 0.15) is 5.76 Å². The summed E-state index contributed by atoms with van der Waals surface area (Å²) in [6.07, 6.45) is 1.58. The zero-order valence-electron chi connectivity index (χ0n) is 15.7. The third kappa shape index (κ3) is 3.64. The fourth-order valence-corrected chi connectivity index (χ4v) is 4.08. The van der Waals surface area contributed by atoms with Crippen LogP contribution >= 0.6 is 11.3 Å². The van der Waals surface area contributed by atoms with Gasteiger partial charge in [0.25, 0.3) is 11.5 Å². The van der Waals surface area contributed by atoms with Crippen molar-refractivity contribution in [1.82, 2.24) is 9.88 Å². The smallest absolute Gasteiger partial charge is 0.264 e. The van der Waals surface area contributed by atoms with E-state index < -0.39 is 0 Å². The van der Waals surface area contributed by atoms with Gasteiger partial charge in [-0.1, -0.05) is 12.1 Å². The van der Waals surface area contributed by atoms with Crippen molar-refractivity contribution in [3.05, 3.63) is 91.8 Å². The van der Waals surface area contributed by atoms with Crippen LogP contribution in [-0.4, -0.2) is 15.8 Å². The Labute approximate surface area is 166 Å². The van der Waals surface area contributed by atoms with Crippen molar-refractivity contribution in [3.63, 3.8) is 0 Å². The zero-order valence-corrected chi connectivity index (χ0v) is 16.5. The number of H-pyrrole nitrogens is 1. The van der Waals surface area contributed by atoms with E-state index in [0.29, 0.717) is 22.7 Å². The summed E-state index contributed by atoms with van der Waals surface area (Å²) in [6.45, 7) is 4.53. The standard InChI is InChI=1S/C22H20N2O3S/c1-14-9-15(2)18-11-16(21(25)23-19(18)10-14)12-24(13-17-5-3-7-27-17)22(26)20-6-4-8-28-20/h3-11H,12-13H2,1-2H3,(H,23,25). The molecular weight excluding hydrogens is 372 g/mol. The van der Waals surface area contributed by atoms with Gasteiger partial charge in [-0.15, -0.1) is 11.3 Å². The van der Waals surface area contributed by atoms with Gasteiger partial charge >= 0.3 is 0 Å². The number of amides is 1. The molecule has 0 radical (unpaired) electrons. The van der Waals surface area contributed by atoms with Crippen molar-refractivity contribution in [2.45, 2.75) is 26.9 Å². The maximum atomic E-state index is 13.0. The molecule has 0 aliphatic carbocycles. The highest BCUT2D eigenvalue weighted by molar-refractivity contribution is 7.12. The minimum Gasteiger partial charge on any atom is -0.467 e. The first-order chi connectivity index (χ1) is 13.5. The lowest BCUT2D eigenvalue weighted by Gasteiger charge is -2.21. The Hall–Kier alpha value is -3.12. The van der Waals surface area contributed by atoms with Gasteiger partial charge in [-0.05, 0) is 60.7 Å². The molecule has 0 spiro atoms. The summed E-state index contributed by atoms with van der Waals surface area (Å²) in [5.41, 5.74) is 3.38. The number of carbonyl (C=O) groups is 1. The molecule has 28 heavy (non-hydrogen) atoms. The molecule has 1 amide bonds. The number of nitrogens with zero attached hydrogens (tertiary/aromatic N) is 1. The first kappa shape index (κ1) is 18.3. The highest BCUT2D eigenvalue weighted by Gasteiger charge is 2.20. The van der Waals surface area contributed by atoms with E-state index in [1.54, 1.807) is 23.3 Å². The SMILES string of the molecule is Cc1cc(C)c2cc(CN(Cc3ccco3)C(=O)c3cccs3)c(=O)[nH]c2c1. The molecule has 0 aliphatic heterocycles. The highest BCUT2D eigenvalue weighted by atomic mass is 32.1. The number of rotatable bonds is 5. The molecule has 0 atom stereocenters. The van der Waals surface area contributed by atoms with E-state index in [1.807, 2.05) is 43.5 Å². The minimum atomic E-state index is -0.180. The van der Waals surface area contributed by atoms with E-state index >= 15 is 0 Å². The zero-order chi connectivity index (χ0) is 19.7. The lowest BCUT2D eigenvalue weighted by atomic mass is 10.0. The van der Waals surface area contributed by atoms with Crippen LogP contribution in [0.25, 0.3) is 10.9 Å². The number of furan rings is 1. The van der Waals surface area contributed by atoms with Gasteiger partial charge in [-0.3, -0.25) is 9.59 Å². The molecule has 142 valence electrons. The summed E-state index contributed by atoms with van der Waals surface area (Å²) in [7, 11) is 0. The van der Waals surface area contributed by atoms with E-state index in [-0.39, 0.29) is 18.0 Å². The molecular formula is C22H20N2O3S. The number of hydrogen-bond acceptors (Lipinski definition) is 4. The molecule has 3 aromatic heterocycles. The number of aromatic amines is 1. The van der Waals surface area contributed by atoms with E-state index in [0.717, 1.165) is 22.0 Å². The molecule has 0 saturated heterocycles. The Bertz CT molecular complexity index is 1170. The predicted molar refractivity (Wildman–Crippen MR) is 111 cm³/mol. The lowest BCUT2D eigenvalue weighted by molar-refractivity contribution is 0.0722. The van der Waals surface area contributed by atoms with Gasteiger partial charge < -0.3 is 14.3 Å². The number of pyridine rings is 1. The number of aromatic nitrogens is 1. The second-order valence-corrected chi connectivity index (χ2v) is 7.83. The summed E-state index contributed by atoms with van der Waals surface area (Å²) < 4.78 is 5.43. The van der Waals surface area contributed by atoms with Crippen LogP contribution < -0.4 is 5.56 Å². The van der Waals surface area contributed by atoms with Gasteiger partial charge in [-0.25, -0.2) is 0 Å². The molecule has 0 unspecified atom stereocenters. The number of fused-ring (bicyclic) bond motifs is 1. The fraction of sp³-hybridized carbons (Fsp3) is 0.182. The largest absolute Gasteiger partial charge is 0.467 e. The number of nitrogens with one attached hydrogen (secondary N) is 1. The summed E-state index contributed by atoms with van der Waals surface area (Å²) in [5, 5.41) is 2.86. The summed E-state index contributed by atoms with van der Waals surface area (Å²) in [5.74, 6) is 0.556. The van der Waals surface area contributed by atoms with Crippen molar-refractivity contribution in [3.8, 4) is 0 Å². The van der Waals surface area contributed by atoms with Gasteiger partial charge in [0.2, 0.25) is 0 Å². The first-order valence-corrected chi connectivity index (χ1v) is 9.87. The number of carbonyl (C=O) groups excluding carboxylic acids is 1. The van der Waals surface area contributed by atoms with E-state index in [2.05, 4.69) is 11.1 Å². The first-order valence-electron chi connectivity index (χ1n) is 8.99. The molecule has 1 N–H and O–H groups in total. The Balaban J connectivity index is 1.72. The third-order valence-electron chi connectivity index (χ3n) is 4.70. The quantitative estimate of drug-likeness (QED) is 0.538. The van der Waals surface area contributed by atoms with E-state index in [4.69, 9.17) is 4.42 Å². The number of thiophene rings is 1. The van der Waals surface area contributed by atoms with Crippen molar-refractivity contribution in [1.29, 1.82) is 0 Å².